The first-order valence-corrected chi connectivity index (χ1v) is 12.9. The van der Waals surface area contributed by atoms with Gasteiger partial charge in [0.25, 0.3) is 5.91 Å². The van der Waals surface area contributed by atoms with Crippen LogP contribution >= 0.6 is 0 Å². The lowest BCUT2D eigenvalue weighted by Gasteiger charge is -2.12. The zero-order valence-corrected chi connectivity index (χ0v) is 20.0. The predicted octanol–water partition coefficient (Wildman–Crippen LogP) is 4.17. The number of fused-ring (bicyclic) bond motifs is 1. The Morgan fingerprint density at radius 2 is 1.86 bits per heavy atom. The van der Waals surface area contributed by atoms with E-state index in [0.29, 0.717) is 51.4 Å². The Labute approximate surface area is 201 Å². The van der Waals surface area contributed by atoms with Crippen LogP contribution in [-0.2, 0) is 9.84 Å². The quantitative estimate of drug-likeness (QED) is 0.447. The topological polar surface area (TPSA) is 103 Å². The Hall–Kier alpha value is -3.79. The molecule has 0 saturated carbocycles. The smallest absolute Gasteiger partial charge is 0.256 e. The first kappa shape index (κ1) is 23.0. The van der Waals surface area contributed by atoms with Gasteiger partial charge in [-0.1, -0.05) is 0 Å². The van der Waals surface area contributed by atoms with Crippen LogP contribution in [0.5, 0.6) is 5.75 Å². The van der Waals surface area contributed by atoms with Crippen molar-refractivity contribution in [2.45, 2.75) is 19.4 Å². The van der Waals surface area contributed by atoms with Gasteiger partial charge >= 0.3 is 0 Å². The zero-order chi connectivity index (χ0) is 24.7. The molecular formula is C25H23FN4O4S. The molecule has 2 aromatic heterocycles. The fourth-order valence-electron chi connectivity index (χ4n) is 4.36. The number of hydrogen-bond acceptors (Lipinski definition) is 6. The van der Waals surface area contributed by atoms with Crippen molar-refractivity contribution >= 4 is 32.5 Å². The summed E-state index contributed by atoms with van der Waals surface area (Å²) in [5, 5.41) is 8.03. The van der Waals surface area contributed by atoms with Crippen molar-refractivity contribution in [1.82, 2.24) is 14.8 Å². The van der Waals surface area contributed by atoms with E-state index in [2.05, 4.69) is 10.4 Å². The summed E-state index contributed by atoms with van der Waals surface area (Å²) in [6.07, 6.45) is 0.425. The van der Waals surface area contributed by atoms with E-state index in [1.54, 1.807) is 61.2 Å². The second kappa shape index (κ2) is 8.77. The number of ether oxygens (including phenoxy) is 1. The largest absolute Gasteiger partial charge is 0.497 e. The van der Waals surface area contributed by atoms with Gasteiger partial charge in [-0.2, -0.15) is 5.10 Å². The van der Waals surface area contributed by atoms with Crippen molar-refractivity contribution in [3.05, 3.63) is 71.7 Å². The van der Waals surface area contributed by atoms with E-state index in [9.17, 15) is 17.6 Å². The Bertz CT molecular complexity index is 1530. The van der Waals surface area contributed by atoms with Gasteiger partial charge in [0.15, 0.2) is 15.5 Å². The zero-order valence-electron chi connectivity index (χ0n) is 19.2. The maximum Gasteiger partial charge on any atom is 0.256 e. The number of nitrogens with one attached hydrogen (secondary N) is 1. The van der Waals surface area contributed by atoms with Crippen molar-refractivity contribution in [2.75, 3.05) is 23.9 Å². The summed E-state index contributed by atoms with van der Waals surface area (Å²) in [5.74, 6) is -0.0342. The van der Waals surface area contributed by atoms with Crippen LogP contribution in [0.3, 0.4) is 0 Å². The number of amides is 1. The summed E-state index contributed by atoms with van der Waals surface area (Å²) in [5.41, 5.74) is 3.00. The number of methoxy groups -OCH3 is 1. The summed E-state index contributed by atoms with van der Waals surface area (Å²) in [6.45, 7) is 1.77. The third-order valence-electron chi connectivity index (χ3n) is 6.12. The molecule has 0 aliphatic carbocycles. The molecule has 3 heterocycles. The molecule has 0 bridgehead atoms. The molecule has 180 valence electrons. The first-order valence-electron chi connectivity index (χ1n) is 11.1. The number of nitrogens with zero attached hydrogens (tertiary/aromatic N) is 3. The van der Waals surface area contributed by atoms with Crippen molar-refractivity contribution < 1.29 is 22.3 Å². The normalized spacial score (nSPS) is 16.9. The summed E-state index contributed by atoms with van der Waals surface area (Å²) in [4.78, 5) is 18.2. The average molecular weight is 495 g/mol. The van der Waals surface area contributed by atoms with Gasteiger partial charge in [0.05, 0.1) is 47.0 Å². The van der Waals surface area contributed by atoms with Crippen molar-refractivity contribution in [3.8, 4) is 17.0 Å². The van der Waals surface area contributed by atoms with Gasteiger partial charge in [-0.05, 0) is 67.9 Å². The summed E-state index contributed by atoms with van der Waals surface area (Å²) < 4.78 is 44.6. The summed E-state index contributed by atoms with van der Waals surface area (Å²) in [6, 6.07) is 14.0. The molecule has 1 atom stereocenters. The predicted molar refractivity (Wildman–Crippen MR) is 131 cm³/mol. The molecule has 1 N–H and O–H groups in total. The van der Waals surface area contributed by atoms with E-state index < -0.39 is 9.84 Å². The highest BCUT2D eigenvalue weighted by Gasteiger charge is 2.32. The monoisotopic (exact) mass is 494 g/mol. The van der Waals surface area contributed by atoms with Crippen LogP contribution in [-0.4, -0.2) is 47.7 Å². The molecular weight excluding hydrogens is 471 g/mol. The number of rotatable bonds is 5. The van der Waals surface area contributed by atoms with Crippen LogP contribution in [0, 0.1) is 12.7 Å². The molecule has 5 rings (SSSR count). The van der Waals surface area contributed by atoms with E-state index >= 15 is 0 Å². The molecule has 4 aromatic rings. The van der Waals surface area contributed by atoms with Gasteiger partial charge in [0.1, 0.15) is 11.6 Å². The molecule has 0 spiro atoms. The van der Waals surface area contributed by atoms with E-state index in [0.717, 1.165) is 0 Å². The first-order chi connectivity index (χ1) is 16.7. The van der Waals surface area contributed by atoms with Crippen LogP contribution in [0.1, 0.15) is 28.5 Å². The number of carbonyl (C=O) groups is 1. The summed E-state index contributed by atoms with van der Waals surface area (Å²) >= 11 is 0. The lowest BCUT2D eigenvalue weighted by Crippen LogP contribution is -2.15. The second-order valence-corrected chi connectivity index (χ2v) is 10.8. The van der Waals surface area contributed by atoms with E-state index in [1.165, 1.54) is 12.1 Å². The fourth-order valence-corrected chi connectivity index (χ4v) is 6.05. The molecule has 0 unspecified atom stereocenters. The van der Waals surface area contributed by atoms with Crippen LogP contribution in [0.25, 0.3) is 22.3 Å². The van der Waals surface area contributed by atoms with Gasteiger partial charge < -0.3 is 10.1 Å². The van der Waals surface area contributed by atoms with Crippen molar-refractivity contribution in [1.29, 1.82) is 0 Å². The van der Waals surface area contributed by atoms with Gasteiger partial charge in [-0.3, -0.25) is 4.79 Å². The Morgan fingerprint density at radius 3 is 2.49 bits per heavy atom. The molecule has 1 amide bonds. The molecule has 1 aliphatic heterocycles. The molecule has 1 fully saturated rings. The highest BCUT2D eigenvalue weighted by atomic mass is 32.2. The van der Waals surface area contributed by atoms with E-state index in [-0.39, 0.29) is 29.3 Å². The number of halogens is 1. The number of hydrogen-bond donors (Lipinski definition) is 1. The Balaban J connectivity index is 1.64. The van der Waals surface area contributed by atoms with E-state index in [4.69, 9.17) is 9.72 Å². The van der Waals surface area contributed by atoms with Crippen LogP contribution < -0.4 is 10.1 Å². The number of pyridine rings is 1. The van der Waals surface area contributed by atoms with Gasteiger partial charge in [-0.25, -0.2) is 22.5 Å². The number of anilines is 1. The van der Waals surface area contributed by atoms with Crippen molar-refractivity contribution in [2.24, 2.45) is 0 Å². The molecule has 0 radical (unpaired) electrons. The molecule has 35 heavy (non-hydrogen) atoms. The SMILES string of the molecule is COc1ccc(NC(=O)c2cc(-c3ccc(F)cc3)nc3c2c(C)nn3[C@H]2CCS(=O)(=O)C2)cc1. The maximum absolute atomic E-state index is 13.5. The average Bonchev–Trinajstić information content (AvgIpc) is 3.38. The van der Waals surface area contributed by atoms with Crippen LogP contribution in [0.2, 0.25) is 0 Å². The maximum atomic E-state index is 13.5. The van der Waals surface area contributed by atoms with Crippen LogP contribution in [0.4, 0.5) is 10.1 Å². The third-order valence-corrected chi connectivity index (χ3v) is 7.87. The van der Waals surface area contributed by atoms with E-state index in [1.807, 2.05) is 0 Å². The second-order valence-electron chi connectivity index (χ2n) is 8.53. The number of sulfone groups is 1. The fraction of sp³-hybridized carbons (Fsp3) is 0.240. The molecule has 1 saturated heterocycles. The highest BCUT2D eigenvalue weighted by Crippen LogP contribution is 2.32. The summed E-state index contributed by atoms with van der Waals surface area (Å²) in [7, 11) is -1.60. The van der Waals surface area contributed by atoms with Gasteiger partial charge in [0, 0.05) is 11.3 Å². The minimum absolute atomic E-state index is 0.0287. The number of aromatic nitrogens is 3. The number of benzene rings is 2. The Morgan fingerprint density at radius 1 is 1.14 bits per heavy atom. The molecule has 2 aromatic carbocycles. The Kier molecular flexibility index (Phi) is 5.76. The lowest BCUT2D eigenvalue weighted by atomic mass is 10.0. The third kappa shape index (κ3) is 4.49. The molecule has 8 nitrogen and oxygen atoms in total. The lowest BCUT2D eigenvalue weighted by molar-refractivity contribution is 0.102. The number of carbonyl (C=O) groups excluding carboxylic acids is 1. The van der Waals surface area contributed by atoms with Gasteiger partial charge in [-0.15, -0.1) is 0 Å². The minimum Gasteiger partial charge on any atom is -0.497 e. The molecule has 10 heteroatoms. The number of aryl methyl sites for hydroxylation is 1. The van der Waals surface area contributed by atoms with Gasteiger partial charge in [0.2, 0.25) is 0 Å². The minimum atomic E-state index is -3.16. The van der Waals surface area contributed by atoms with Crippen LogP contribution in [0.15, 0.2) is 54.6 Å². The highest BCUT2D eigenvalue weighted by molar-refractivity contribution is 7.91. The standard InChI is InChI=1S/C25H23FN4O4S/c1-15-23-21(25(31)27-18-7-9-20(34-2)10-8-18)13-22(16-3-5-17(26)6-4-16)28-24(23)30(29-15)19-11-12-35(32,33)14-19/h3-10,13,19H,11-12,14H2,1-2H3,(H,27,31)/t19-/m0/s1. The van der Waals surface area contributed by atoms with Crippen molar-refractivity contribution in [3.63, 3.8) is 0 Å². The molecule has 1 aliphatic rings.